The number of aromatic amines is 1. The van der Waals surface area contributed by atoms with Crippen LogP contribution in [-0.2, 0) is 11.3 Å². The fourth-order valence-corrected chi connectivity index (χ4v) is 4.10. The van der Waals surface area contributed by atoms with E-state index in [0.717, 1.165) is 25.0 Å². The van der Waals surface area contributed by atoms with Gasteiger partial charge in [0.1, 0.15) is 40.8 Å². The zero-order valence-corrected chi connectivity index (χ0v) is 18.3. The van der Waals surface area contributed by atoms with Crippen LogP contribution in [0.15, 0.2) is 30.6 Å². The summed E-state index contributed by atoms with van der Waals surface area (Å²) in [5.74, 6) is -0.653. The summed E-state index contributed by atoms with van der Waals surface area (Å²) >= 11 is 0. The van der Waals surface area contributed by atoms with Crippen LogP contribution in [0.3, 0.4) is 0 Å². The van der Waals surface area contributed by atoms with E-state index in [9.17, 15) is 9.18 Å². The Bertz CT molecular complexity index is 1370. The number of nitrogens with one attached hydrogen (secondary N) is 1. The van der Waals surface area contributed by atoms with E-state index < -0.39 is 23.6 Å². The number of carbonyl (C=O) groups excluding carboxylic acids is 1. The summed E-state index contributed by atoms with van der Waals surface area (Å²) in [6.45, 7) is 2.82. The van der Waals surface area contributed by atoms with Crippen molar-refractivity contribution in [2.24, 2.45) is 5.73 Å². The molecule has 2 aromatic carbocycles. The van der Waals surface area contributed by atoms with Crippen LogP contribution < -0.4 is 15.2 Å². The summed E-state index contributed by atoms with van der Waals surface area (Å²) < 4.78 is 43.7. The van der Waals surface area contributed by atoms with Gasteiger partial charge >= 0.3 is 0 Å². The van der Waals surface area contributed by atoms with E-state index in [1.54, 1.807) is 19.1 Å². The Hall–Kier alpha value is -4.02. The lowest BCUT2D eigenvalue weighted by atomic mass is 10.1. The van der Waals surface area contributed by atoms with Crippen LogP contribution in [0.2, 0.25) is 0 Å². The first-order chi connectivity index (χ1) is 16.5. The molecule has 0 saturated carbocycles. The number of halogens is 2. The van der Waals surface area contributed by atoms with Crippen molar-refractivity contribution in [3.05, 3.63) is 42.2 Å². The molecule has 1 unspecified atom stereocenters. The first kappa shape index (κ1) is 21.8. The number of rotatable bonds is 6. The summed E-state index contributed by atoms with van der Waals surface area (Å²) in [5, 5.41) is 6.23. The summed E-state index contributed by atoms with van der Waals surface area (Å²) in [7, 11) is 0. The lowest BCUT2D eigenvalue weighted by Crippen LogP contribution is -2.32. The third-order valence-corrected chi connectivity index (χ3v) is 5.75. The summed E-state index contributed by atoms with van der Waals surface area (Å²) in [6.07, 6.45) is 2.35. The smallest absolute Gasteiger partial charge is 0.258 e. The lowest BCUT2D eigenvalue weighted by molar-refractivity contribution is -0.124. The summed E-state index contributed by atoms with van der Waals surface area (Å²) in [6, 6.07) is 5.50. The van der Waals surface area contributed by atoms with E-state index >= 15 is 4.39 Å². The predicted octanol–water partition coefficient (Wildman–Crippen LogP) is 3.58. The van der Waals surface area contributed by atoms with Gasteiger partial charge in [-0.15, -0.1) is 0 Å². The molecular formula is C23H22F2N6O3. The quantitative estimate of drug-likeness (QED) is 0.446. The maximum absolute atomic E-state index is 15.2. The molecule has 1 amide bonds. The van der Waals surface area contributed by atoms with Crippen LogP contribution in [0.5, 0.6) is 11.5 Å². The molecule has 1 atom stereocenters. The Labute approximate surface area is 192 Å². The highest BCUT2D eigenvalue weighted by Gasteiger charge is 2.24. The van der Waals surface area contributed by atoms with Crippen molar-refractivity contribution in [3.63, 3.8) is 0 Å². The van der Waals surface area contributed by atoms with Crippen molar-refractivity contribution in [1.82, 2.24) is 24.7 Å². The minimum absolute atomic E-state index is 0.00882. The largest absolute Gasteiger partial charge is 0.491 e. The highest BCUT2D eigenvalue weighted by atomic mass is 19.1. The van der Waals surface area contributed by atoms with E-state index in [4.69, 9.17) is 15.2 Å². The number of hydrogen-bond donors (Lipinski definition) is 2. The van der Waals surface area contributed by atoms with Crippen molar-refractivity contribution < 1.29 is 23.0 Å². The zero-order chi connectivity index (χ0) is 23.8. The third-order valence-electron chi connectivity index (χ3n) is 5.75. The second-order valence-corrected chi connectivity index (χ2v) is 7.99. The van der Waals surface area contributed by atoms with Crippen molar-refractivity contribution >= 4 is 16.9 Å². The van der Waals surface area contributed by atoms with Crippen LogP contribution in [0.1, 0.15) is 26.2 Å². The van der Waals surface area contributed by atoms with E-state index in [1.807, 2.05) is 4.57 Å². The van der Waals surface area contributed by atoms with E-state index in [2.05, 4.69) is 20.2 Å². The number of hydrogen-bond acceptors (Lipinski definition) is 6. The predicted molar refractivity (Wildman–Crippen MR) is 119 cm³/mol. The SMILES string of the molecule is CCC(Oc1cc2c3c(c1)nc(-c1cc(F)c(-c4ncn[nH]4)cc1F)n3CCCCO2)C(N)=O. The molecule has 1 aliphatic rings. The molecule has 0 fully saturated rings. The van der Waals surface area contributed by atoms with Gasteiger partial charge in [-0.25, -0.2) is 18.7 Å². The molecule has 9 nitrogen and oxygen atoms in total. The Morgan fingerprint density at radius 3 is 2.76 bits per heavy atom. The van der Waals surface area contributed by atoms with E-state index in [0.29, 0.717) is 42.1 Å². The van der Waals surface area contributed by atoms with Gasteiger partial charge in [0.25, 0.3) is 5.91 Å². The number of H-pyrrole nitrogens is 1. The number of ether oxygens (including phenoxy) is 2. The van der Waals surface area contributed by atoms with Crippen LogP contribution in [0.25, 0.3) is 33.8 Å². The number of benzene rings is 2. The summed E-state index contributed by atoms with van der Waals surface area (Å²) in [4.78, 5) is 20.2. The molecule has 176 valence electrons. The average Bonchev–Trinajstić information content (AvgIpc) is 3.44. The fraction of sp³-hybridized carbons (Fsp3) is 0.304. The number of carbonyl (C=O) groups is 1. The molecule has 34 heavy (non-hydrogen) atoms. The number of amides is 1. The van der Waals surface area contributed by atoms with Crippen molar-refractivity contribution in [3.8, 4) is 34.3 Å². The van der Waals surface area contributed by atoms with Gasteiger partial charge < -0.3 is 19.8 Å². The van der Waals surface area contributed by atoms with Crippen molar-refractivity contribution in [1.29, 1.82) is 0 Å². The maximum atomic E-state index is 15.2. The standard InChI is InChI=1S/C23H22F2N6O3/c1-2-18(21(26)32)34-12-7-17-20-19(8-12)33-6-4-3-5-31(20)23(29-17)14-10-15(24)13(9-16(14)25)22-27-11-28-30-22/h7-11,18H,2-6H2,1H3,(H2,26,32)(H,27,28,30). The number of aryl methyl sites for hydroxylation is 1. The average molecular weight is 468 g/mol. The lowest BCUT2D eigenvalue weighted by Gasteiger charge is -2.18. The molecule has 1 aliphatic heterocycles. The van der Waals surface area contributed by atoms with E-state index in [-0.39, 0.29) is 22.8 Å². The van der Waals surface area contributed by atoms with Crippen LogP contribution in [-0.4, -0.2) is 43.4 Å². The Morgan fingerprint density at radius 2 is 2.03 bits per heavy atom. The second kappa shape index (κ2) is 8.73. The number of primary amides is 1. The van der Waals surface area contributed by atoms with Crippen LogP contribution in [0.4, 0.5) is 8.78 Å². The molecule has 2 aromatic heterocycles. The maximum Gasteiger partial charge on any atom is 0.258 e. The second-order valence-electron chi connectivity index (χ2n) is 7.99. The van der Waals surface area contributed by atoms with E-state index in [1.165, 1.54) is 6.33 Å². The normalized spacial score (nSPS) is 14.3. The van der Waals surface area contributed by atoms with Crippen LogP contribution in [0, 0.1) is 11.6 Å². The van der Waals surface area contributed by atoms with Crippen LogP contribution >= 0.6 is 0 Å². The molecule has 0 spiro atoms. The first-order valence-corrected chi connectivity index (χ1v) is 10.9. The molecule has 11 heteroatoms. The molecule has 0 radical (unpaired) electrons. The molecule has 0 bridgehead atoms. The molecule has 4 aromatic rings. The van der Waals surface area contributed by atoms with Crippen molar-refractivity contribution in [2.45, 2.75) is 38.8 Å². The van der Waals surface area contributed by atoms with Gasteiger partial charge in [-0.2, -0.15) is 5.10 Å². The fourth-order valence-electron chi connectivity index (χ4n) is 4.10. The highest BCUT2D eigenvalue weighted by molar-refractivity contribution is 5.88. The number of nitrogens with zero attached hydrogens (tertiary/aromatic N) is 4. The Kier molecular flexibility index (Phi) is 5.60. The van der Waals surface area contributed by atoms with Gasteiger partial charge in [-0.05, 0) is 31.4 Å². The summed E-state index contributed by atoms with van der Waals surface area (Å²) in [5.41, 5.74) is 6.52. The Balaban J connectivity index is 1.66. The van der Waals surface area contributed by atoms with Gasteiger partial charge in [0, 0.05) is 18.7 Å². The van der Waals surface area contributed by atoms with Crippen molar-refractivity contribution in [2.75, 3.05) is 6.61 Å². The third kappa shape index (κ3) is 3.82. The van der Waals surface area contributed by atoms with Gasteiger partial charge in [0.05, 0.1) is 23.3 Å². The monoisotopic (exact) mass is 468 g/mol. The molecule has 3 N–H and O–H groups in total. The van der Waals surface area contributed by atoms with Gasteiger partial charge in [0.15, 0.2) is 11.9 Å². The zero-order valence-electron chi connectivity index (χ0n) is 18.3. The molecule has 0 aliphatic carbocycles. The Morgan fingerprint density at radius 1 is 1.24 bits per heavy atom. The topological polar surface area (TPSA) is 121 Å². The molecule has 5 rings (SSSR count). The first-order valence-electron chi connectivity index (χ1n) is 10.9. The molecule has 3 heterocycles. The molecular weight excluding hydrogens is 446 g/mol. The minimum atomic E-state index is -0.810. The molecule has 0 saturated heterocycles. The number of nitrogens with two attached hydrogens (primary N) is 1. The van der Waals surface area contributed by atoms with Gasteiger partial charge in [-0.1, -0.05) is 6.92 Å². The highest BCUT2D eigenvalue weighted by Crippen LogP contribution is 2.38. The van der Waals surface area contributed by atoms with Gasteiger partial charge in [0.2, 0.25) is 0 Å². The number of imidazole rings is 1. The van der Waals surface area contributed by atoms with Gasteiger partial charge in [-0.3, -0.25) is 9.89 Å². The number of aromatic nitrogens is 5. The minimum Gasteiger partial charge on any atom is -0.491 e.